The smallest absolute Gasteiger partial charge is 0.240 e. The van der Waals surface area contributed by atoms with Crippen LogP contribution in [0, 0.1) is 11.8 Å². The summed E-state index contributed by atoms with van der Waals surface area (Å²) in [7, 11) is 3.10. The Kier molecular flexibility index (Phi) is 4.77. The van der Waals surface area contributed by atoms with Crippen LogP contribution in [0.5, 0.6) is 11.5 Å². The van der Waals surface area contributed by atoms with E-state index in [1.807, 2.05) is 6.08 Å². The number of carbonyl (C=O) groups excluding carboxylic acids is 3. The molecule has 32 heavy (non-hydrogen) atoms. The molecule has 2 aromatic rings. The normalized spacial score (nSPS) is 25.7. The van der Waals surface area contributed by atoms with Gasteiger partial charge in [-0.3, -0.25) is 19.4 Å². The molecule has 0 bridgehead atoms. The summed E-state index contributed by atoms with van der Waals surface area (Å²) in [6, 6.07) is 12.1. The standard InChI is InChI=1S/C24H21N3O5/c1-31-16-9-5-14(6-10-16)22(28)21-20-19(18-4-3-13-25-27(18)21)23(29)26(24(20)30)15-7-11-17(32-2)12-8-15/h3-13,18-21H,1-2H3/t18?,19-,20-,21+/m1/s1. The minimum absolute atomic E-state index is 0.254. The van der Waals surface area contributed by atoms with Crippen LogP contribution in [0.3, 0.4) is 0 Å². The zero-order valence-electron chi connectivity index (χ0n) is 17.5. The molecule has 1 unspecified atom stereocenters. The molecule has 8 nitrogen and oxygen atoms in total. The number of carbonyl (C=O) groups is 3. The van der Waals surface area contributed by atoms with Crippen molar-refractivity contribution in [3.8, 4) is 11.5 Å². The summed E-state index contributed by atoms with van der Waals surface area (Å²) in [4.78, 5) is 41.7. The van der Waals surface area contributed by atoms with E-state index in [1.54, 1.807) is 80.1 Å². The highest BCUT2D eigenvalue weighted by Crippen LogP contribution is 2.46. The van der Waals surface area contributed by atoms with Crippen molar-refractivity contribution in [2.24, 2.45) is 16.9 Å². The molecule has 0 aliphatic carbocycles. The number of anilines is 1. The first kappa shape index (κ1) is 20.0. The third-order valence-corrected chi connectivity index (χ3v) is 6.26. The van der Waals surface area contributed by atoms with Gasteiger partial charge in [0.1, 0.15) is 17.5 Å². The molecular formula is C24H21N3O5. The third-order valence-electron chi connectivity index (χ3n) is 6.26. The Balaban J connectivity index is 1.53. The van der Waals surface area contributed by atoms with Crippen LogP contribution in [0.2, 0.25) is 0 Å². The molecule has 0 radical (unpaired) electrons. The van der Waals surface area contributed by atoms with Gasteiger partial charge in [-0.25, -0.2) is 4.90 Å². The van der Waals surface area contributed by atoms with Crippen LogP contribution in [-0.4, -0.2) is 55.1 Å². The lowest BCUT2D eigenvalue weighted by molar-refractivity contribution is -0.123. The molecule has 8 heteroatoms. The lowest BCUT2D eigenvalue weighted by Crippen LogP contribution is -2.46. The van der Waals surface area contributed by atoms with Crippen LogP contribution < -0.4 is 14.4 Å². The maximum absolute atomic E-state index is 13.5. The van der Waals surface area contributed by atoms with Gasteiger partial charge in [-0.15, -0.1) is 0 Å². The summed E-state index contributed by atoms with van der Waals surface area (Å²) in [5.74, 6) is -1.25. The minimum atomic E-state index is -0.876. The first-order chi connectivity index (χ1) is 15.5. The number of ether oxygens (including phenoxy) is 2. The van der Waals surface area contributed by atoms with Gasteiger partial charge in [0.25, 0.3) is 0 Å². The molecule has 0 saturated carbocycles. The molecule has 2 fully saturated rings. The predicted octanol–water partition coefficient (Wildman–Crippen LogP) is 2.30. The molecule has 2 aromatic carbocycles. The van der Waals surface area contributed by atoms with Gasteiger partial charge in [0, 0.05) is 11.8 Å². The third kappa shape index (κ3) is 2.90. The number of rotatable bonds is 5. The second kappa shape index (κ2) is 7.64. The van der Waals surface area contributed by atoms with E-state index in [1.165, 1.54) is 4.90 Å². The summed E-state index contributed by atoms with van der Waals surface area (Å²) in [6.07, 6.45) is 5.14. The summed E-state index contributed by atoms with van der Waals surface area (Å²) in [6.45, 7) is 0. The highest BCUT2D eigenvalue weighted by atomic mass is 16.5. The van der Waals surface area contributed by atoms with E-state index in [9.17, 15) is 14.4 Å². The molecule has 3 aliphatic heterocycles. The zero-order valence-corrected chi connectivity index (χ0v) is 17.5. The Hall–Kier alpha value is -3.94. The molecule has 2 saturated heterocycles. The molecule has 0 aromatic heterocycles. The average molecular weight is 431 g/mol. The van der Waals surface area contributed by atoms with E-state index in [-0.39, 0.29) is 11.7 Å². The highest BCUT2D eigenvalue weighted by Gasteiger charge is 2.64. The summed E-state index contributed by atoms with van der Waals surface area (Å²) in [5.41, 5.74) is 0.892. The molecule has 3 aliphatic rings. The number of methoxy groups -OCH3 is 2. The van der Waals surface area contributed by atoms with E-state index in [0.717, 1.165) is 0 Å². The van der Waals surface area contributed by atoms with E-state index in [2.05, 4.69) is 5.10 Å². The molecule has 3 heterocycles. The lowest BCUT2D eigenvalue weighted by atomic mass is 9.86. The topological polar surface area (TPSA) is 88.5 Å². The van der Waals surface area contributed by atoms with Gasteiger partial charge < -0.3 is 9.47 Å². The van der Waals surface area contributed by atoms with Gasteiger partial charge >= 0.3 is 0 Å². The SMILES string of the molecule is COc1ccc(C(=O)[C@@H]2[C@@H]3C(=O)N(c4ccc(OC)cc4)C(=O)[C@@H]3C3C=CC=NN32)cc1. The quantitative estimate of drug-likeness (QED) is 0.533. The molecule has 0 N–H and O–H groups in total. The first-order valence-corrected chi connectivity index (χ1v) is 10.2. The number of imide groups is 1. The molecule has 5 rings (SSSR count). The molecule has 0 spiro atoms. The van der Waals surface area contributed by atoms with Crippen molar-refractivity contribution in [1.29, 1.82) is 0 Å². The number of allylic oxidation sites excluding steroid dienone is 1. The number of amides is 2. The van der Waals surface area contributed by atoms with Crippen LogP contribution in [0.4, 0.5) is 5.69 Å². The second-order valence-electron chi connectivity index (χ2n) is 7.82. The van der Waals surface area contributed by atoms with Crippen LogP contribution >= 0.6 is 0 Å². The summed E-state index contributed by atoms with van der Waals surface area (Å²) >= 11 is 0. The van der Waals surface area contributed by atoms with Crippen molar-refractivity contribution in [2.75, 3.05) is 19.1 Å². The maximum Gasteiger partial charge on any atom is 0.240 e. The average Bonchev–Trinajstić information content (AvgIpc) is 3.31. The monoisotopic (exact) mass is 431 g/mol. The number of ketones is 1. The second-order valence-corrected chi connectivity index (χ2v) is 7.82. The molecule has 2 amide bonds. The lowest BCUT2D eigenvalue weighted by Gasteiger charge is -2.30. The van der Waals surface area contributed by atoms with Gasteiger partial charge in [0.2, 0.25) is 11.8 Å². The van der Waals surface area contributed by atoms with Crippen molar-refractivity contribution in [3.63, 3.8) is 0 Å². The molecule has 4 atom stereocenters. The summed E-state index contributed by atoms with van der Waals surface area (Å²) in [5, 5.41) is 5.96. The number of hydrogen-bond donors (Lipinski definition) is 0. The highest BCUT2D eigenvalue weighted by molar-refractivity contribution is 6.24. The van der Waals surface area contributed by atoms with Gasteiger partial charge in [-0.2, -0.15) is 5.10 Å². The maximum atomic E-state index is 13.5. The van der Waals surface area contributed by atoms with E-state index in [4.69, 9.17) is 9.47 Å². The van der Waals surface area contributed by atoms with Gasteiger partial charge in [-0.05, 0) is 54.6 Å². The minimum Gasteiger partial charge on any atom is -0.497 e. The van der Waals surface area contributed by atoms with Gasteiger partial charge in [0.15, 0.2) is 5.78 Å². The van der Waals surface area contributed by atoms with Crippen molar-refractivity contribution in [1.82, 2.24) is 5.01 Å². The van der Waals surface area contributed by atoms with E-state index >= 15 is 0 Å². The molecular weight excluding hydrogens is 410 g/mol. The fraction of sp³-hybridized carbons (Fsp3) is 0.250. The Labute approximate surface area is 184 Å². The Morgan fingerprint density at radius 3 is 2.09 bits per heavy atom. The predicted molar refractivity (Wildman–Crippen MR) is 117 cm³/mol. The number of hydrogen-bond acceptors (Lipinski definition) is 7. The zero-order chi connectivity index (χ0) is 22.4. The largest absolute Gasteiger partial charge is 0.497 e. The van der Waals surface area contributed by atoms with E-state index in [0.29, 0.717) is 22.7 Å². The fourth-order valence-electron chi connectivity index (χ4n) is 4.75. The van der Waals surface area contributed by atoms with Crippen LogP contribution in [-0.2, 0) is 9.59 Å². The van der Waals surface area contributed by atoms with Gasteiger partial charge in [-0.1, -0.05) is 6.08 Å². The number of benzene rings is 2. The number of Topliss-reactive ketones (excluding diaryl/α,β-unsaturated/α-hetero) is 1. The number of fused-ring (bicyclic) bond motifs is 3. The first-order valence-electron chi connectivity index (χ1n) is 10.2. The van der Waals surface area contributed by atoms with Crippen LogP contribution in [0.1, 0.15) is 10.4 Å². The Bertz CT molecular complexity index is 1140. The molecule has 162 valence electrons. The fourth-order valence-corrected chi connectivity index (χ4v) is 4.75. The number of hydrazone groups is 1. The Morgan fingerprint density at radius 2 is 1.47 bits per heavy atom. The van der Waals surface area contributed by atoms with Crippen molar-refractivity contribution in [2.45, 2.75) is 12.1 Å². The van der Waals surface area contributed by atoms with Crippen LogP contribution in [0.25, 0.3) is 0 Å². The van der Waals surface area contributed by atoms with Crippen molar-refractivity contribution >= 4 is 29.5 Å². The Morgan fingerprint density at radius 1 is 0.875 bits per heavy atom. The van der Waals surface area contributed by atoms with Crippen molar-refractivity contribution in [3.05, 3.63) is 66.2 Å². The van der Waals surface area contributed by atoms with Gasteiger partial charge in [0.05, 0.1) is 37.8 Å². The van der Waals surface area contributed by atoms with E-state index < -0.39 is 29.8 Å². The van der Waals surface area contributed by atoms with Crippen molar-refractivity contribution < 1.29 is 23.9 Å². The van der Waals surface area contributed by atoms with Crippen LogP contribution in [0.15, 0.2) is 65.8 Å². The number of nitrogens with zero attached hydrogens (tertiary/aromatic N) is 3. The summed E-state index contributed by atoms with van der Waals surface area (Å²) < 4.78 is 10.3.